The number of anilines is 2. The van der Waals surface area contributed by atoms with Crippen molar-refractivity contribution in [2.75, 3.05) is 44.1 Å². The van der Waals surface area contributed by atoms with Crippen molar-refractivity contribution in [3.8, 4) is 11.5 Å². The zero-order chi connectivity index (χ0) is 26.8. The molecule has 1 fully saturated rings. The maximum absolute atomic E-state index is 13.7. The predicted octanol–water partition coefficient (Wildman–Crippen LogP) is 4.25. The number of piperazine rings is 1. The number of amides is 1. The van der Waals surface area contributed by atoms with Gasteiger partial charge in [-0.15, -0.1) is 0 Å². The third-order valence-electron chi connectivity index (χ3n) is 7.30. The molecule has 2 heterocycles. The molecule has 198 valence electrons. The summed E-state index contributed by atoms with van der Waals surface area (Å²) in [7, 11) is 3.08. The van der Waals surface area contributed by atoms with Gasteiger partial charge in [0.25, 0.3) is 5.69 Å². The number of nitrogens with one attached hydrogen (secondary N) is 1. The van der Waals surface area contributed by atoms with Gasteiger partial charge in [0.15, 0.2) is 11.5 Å². The van der Waals surface area contributed by atoms with Crippen LogP contribution >= 0.6 is 0 Å². The van der Waals surface area contributed by atoms with Crippen LogP contribution in [0.3, 0.4) is 0 Å². The van der Waals surface area contributed by atoms with Crippen molar-refractivity contribution in [1.82, 2.24) is 4.90 Å². The molecule has 0 aromatic heterocycles. The second-order valence-electron chi connectivity index (χ2n) is 9.56. The zero-order valence-corrected chi connectivity index (χ0v) is 21.2. The number of nitro groups is 1. The van der Waals surface area contributed by atoms with E-state index in [1.807, 2.05) is 0 Å². The molecule has 3 aromatic carbocycles. The Balaban J connectivity index is 1.43. The standard InChI is InChI=1S/C28H29FN4O5/c1-37-26-10-7-21(15-27(26)38-2)30-28(34)23-14-19-13-22(33(35)36)8-9-24(19)32-12-11-31(17-25(23)32)16-18-3-5-20(29)6-4-18/h3-10,13,15,23,25H,11-12,14,16-17H2,1-2H3,(H,30,34)/t23-,25-/m0/s1. The highest BCUT2D eigenvalue weighted by Crippen LogP contribution is 2.39. The minimum Gasteiger partial charge on any atom is -0.493 e. The van der Waals surface area contributed by atoms with Crippen LogP contribution in [-0.4, -0.2) is 55.6 Å². The van der Waals surface area contributed by atoms with Gasteiger partial charge in [0.2, 0.25) is 5.91 Å². The second kappa shape index (κ2) is 10.7. The van der Waals surface area contributed by atoms with Crippen molar-refractivity contribution in [1.29, 1.82) is 0 Å². The van der Waals surface area contributed by atoms with Crippen molar-refractivity contribution >= 4 is 23.0 Å². The van der Waals surface area contributed by atoms with Crippen LogP contribution < -0.4 is 19.7 Å². The van der Waals surface area contributed by atoms with Gasteiger partial charge in [0.05, 0.1) is 31.1 Å². The molecule has 0 spiro atoms. The Morgan fingerprint density at radius 1 is 1.05 bits per heavy atom. The van der Waals surface area contributed by atoms with E-state index in [4.69, 9.17) is 9.47 Å². The molecule has 3 aromatic rings. The molecule has 38 heavy (non-hydrogen) atoms. The number of nitrogens with zero attached hydrogens (tertiary/aromatic N) is 3. The first kappa shape index (κ1) is 25.5. The normalized spacial score (nSPS) is 18.8. The molecule has 0 aliphatic carbocycles. The summed E-state index contributed by atoms with van der Waals surface area (Å²) >= 11 is 0. The topological polar surface area (TPSA) is 97.2 Å². The highest BCUT2D eigenvalue weighted by atomic mass is 19.1. The molecule has 10 heteroatoms. The fourth-order valence-electron chi connectivity index (χ4n) is 5.42. The van der Waals surface area contributed by atoms with Crippen molar-refractivity contribution in [3.63, 3.8) is 0 Å². The van der Waals surface area contributed by atoms with E-state index in [-0.39, 0.29) is 23.5 Å². The van der Waals surface area contributed by atoms with E-state index >= 15 is 0 Å². The summed E-state index contributed by atoms with van der Waals surface area (Å²) in [4.78, 5) is 29.2. The molecule has 5 rings (SSSR count). The quantitative estimate of drug-likeness (QED) is 0.367. The van der Waals surface area contributed by atoms with Crippen molar-refractivity contribution in [3.05, 3.63) is 87.7 Å². The minimum atomic E-state index is -0.450. The van der Waals surface area contributed by atoms with E-state index in [9.17, 15) is 19.3 Å². The molecule has 2 atom stereocenters. The summed E-state index contributed by atoms with van der Waals surface area (Å²) in [6, 6.07) is 16.4. The van der Waals surface area contributed by atoms with E-state index in [1.54, 1.807) is 49.6 Å². The first-order chi connectivity index (χ1) is 18.4. The minimum absolute atomic E-state index is 0.0104. The maximum atomic E-state index is 13.7. The van der Waals surface area contributed by atoms with E-state index in [0.717, 1.165) is 23.4 Å². The van der Waals surface area contributed by atoms with Crippen LogP contribution in [-0.2, 0) is 17.8 Å². The molecular formula is C28H29FN4O5. The smallest absolute Gasteiger partial charge is 0.269 e. The van der Waals surface area contributed by atoms with Crippen LogP contribution in [0.1, 0.15) is 11.1 Å². The molecule has 0 unspecified atom stereocenters. The highest BCUT2D eigenvalue weighted by molar-refractivity contribution is 5.94. The lowest BCUT2D eigenvalue weighted by Gasteiger charge is -2.49. The summed E-state index contributed by atoms with van der Waals surface area (Å²) in [5.74, 6) is 0.157. The van der Waals surface area contributed by atoms with Gasteiger partial charge in [-0.3, -0.25) is 19.8 Å². The maximum Gasteiger partial charge on any atom is 0.269 e. The van der Waals surface area contributed by atoms with Crippen molar-refractivity contribution in [2.45, 2.75) is 19.0 Å². The van der Waals surface area contributed by atoms with Gasteiger partial charge < -0.3 is 19.7 Å². The molecular weight excluding hydrogens is 491 g/mol. The Morgan fingerprint density at radius 2 is 1.82 bits per heavy atom. The Kier molecular flexibility index (Phi) is 7.15. The molecule has 9 nitrogen and oxygen atoms in total. The summed E-state index contributed by atoms with van der Waals surface area (Å²) in [6.45, 7) is 2.67. The average Bonchev–Trinajstić information content (AvgIpc) is 2.93. The van der Waals surface area contributed by atoms with Gasteiger partial charge in [0, 0.05) is 55.8 Å². The number of carbonyl (C=O) groups excluding carboxylic acids is 1. The number of fused-ring (bicyclic) bond motifs is 3. The number of ether oxygens (including phenoxy) is 2. The zero-order valence-electron chi connectivity index (χ0n) is 21.2. The lowest BCUT2D eigenvalue weighted by molar-refractivity contribution is -0.384. The van der Waals surface area contributed by atoms with E-state index in [1.165, 1.54) is 25.3 Å². The largest absolute Gasteiger partial charge is 0.493 e. The Bertz CT molecular complexity index is 1350. The third-order valence-corrected chi connectivity index (χ3v) is 7.30. The van der Waals surface area contributed by atoms with Gasteiger partial charge >= 0.3 is 0 Å². The number of hydrogen-bond acceptors (Lipinski definition) is 7. The van der Waals surface area contributed by atoms with Crippen LogP contribution in [0.15, 0.2) is 60.7 Å². The number of methoxy groups -OCH3 is 2. The number of halogens is 1. The summed E-state index contributed by atoms with van der Waals surface area (Å²) in [5.41, 5.74) is 3.30. The highest BCUT2D eigenvalue weighted by Gasteiger charge is 2.42. The molecule has 0 saturated carbocycles. The summed E-state index contributed by atoms with van der Waals surface area (Å²) < 4.78 is 24.1. The van der Waals surface area contributed by atoms with Gasteiger partial charge in [0.1, 0.15) is 5.82 Å². The molecule has 0 bridgehead atoms. The average molecular weight is 521 g/mol. The number of rotatable bonds is 7. The summed E-state index contributed by atoms with van der Waals surface area (Å²) in [5, 5.41) is 14.5. The third kappa shape index (κ3) is 5.12. The van der Waals surface area contributed by atoms with Gasteiger partial charge in [-0.05, 0) is 47.9 Å². The van der Waals surface area contributed by atoms with Crippen molar-refractivity contribution < 1.29 is 23.6 Å². The Labute approximate surface area is 219 Å². The number of non-ortho nitro benzene ring substituents is 1. The number of carbonyl (C=O) groups is 1. The molecule has 1 saturated heterocycles. The fraction of sp³-hybridized carbons (Fsp3) is 0.321. The Morgan fingerprint density at radius 3 is 2.53 bits per heavy atom. The van der Waals surface area contributed by atoms with Crippen LogP contribution in [0.4, 0.5) is 21.5 Å². The number of benzene rings is 3. The van der Waals surface area contributed by atoms with Gasteiger partial charge in [-0.25, -0.2) is 4.39 Å². The molecule has 2 aliphatic heterocycles. The van der Waals surface area contributed by atoms with E-state index < -0.39 is 10.8 Å². The lowest BCUT2D eigenvalue weighted by atomic mass is 9.83. The molecule has 2 aliphatic rings. The molecule has 1 amide bonds. The van der Waals surface area contributed by atoms with Gasteiger partial charge in [-0.2, -0.15) is 0 Å². The van der Waals surface area contributed by atoms with Crippen LogP contribution in [0.5, 0.6) is 11.5 Å². The van der Waals surface area contributed by atoms with E-state index in [2.05, 4.69) is 15.1 Å². The second-order valence-corrected chi connectivity index (χ2v) is 9.56. The molecule has 0 radical (unpaired) electrons. The van der Waals surface area contributed by atoms with E-state index in [0.29, 0.717) is 43.2 Å². The van der Waals surface area contributed by atoms with Crippen LogP contribution in [0, 0.1) is 21.8 Å². The predicted molar refractivity (Wildman–Crippen MR) is 141 cm³/mol. The molecule has 1 N–H and O–H groups in total. The first-order valence-electron chi connectivity index (χ1n) is 12.4. The lowest BCUT2D eigenvalue weighted by Crippen LogP contribution is -2.60. The Hall–Kier alpha value is -4.18. The first-order valence-corrected chi connectivity index (χ1v) is 12.4. The monoisotopic (exact) mass is 520 g/mol. The number of nitro benzene ring substituents is 1. The SMILES string of the molecule is COc1ccc(NC(=O)[C@H]2Cc3cc([N+](=O)[O-])ccc3N3CCN(Cc4ccc(F)cc4)C[C@@H]23)cc1OC. The van der Waals surface area contributed by atoms with Crippen LogP contribution in [0.25, 0.3) is 0 Å². The number of hydrogen-bond donors (Lipinski definition) is 1. The van der Waals surface area contributed by atoms with Crippen molar-refractivity contribution in [2.24, 2.45) is 5.92 Å². The van der Waals surface area contributed by atoms with Crippen LogP contribution in [0.2, 0.25) is 0 Å². The van der Waals surface area contributed by atoms with Gasteiger partial charge in [-0.1, -0.05) is 12.1 Å². The summed E-state index contributed by atoms with van der Waals surface area (Å²) in [6.07, 6.45) is 0.377. The fourth-order valence-corrected chi connectivity index (χ4v) is 5.42.